The molecule has 2 saturated heterocycles. The Labute approximate surface area is 54.1 Å². The Bertz CT molecular complexity index is 170. The molecule has 0 aromatic rings. The first-order valence-electron chi connectivity index (χ1n) is 3.69. The molecule has 3 rings (SSSR count). The molecule has 0 amide bonds. The Morgan fingerprint density at radius 1 is 1.44 bits per heavy atom. The molecule has 0 spiro atoms. The van der Waals surface area contributed by atoms with E-state index >= 15 is 0 Å². The Balaban J connectivity index is 1.97. The van der Waals surface area contributed by atoms with Crippen LogP contribution >= 0.6 is 0 Å². The standard InChI is InChI=1S/C7H10O2/c1-5-3-2-4-6-7(5,8-6)9-6/h5H,2-4H2,1H3. The highest BCUT2D eigenvalue weighted by molar-refractivity contribution is 5.21. The third kappa shape index (κ3) is 0.310. The summed E-state index contributed by atoms with van der Waals surface area (Å²) in [4.78, 5) is 0. The first-order valence-corrected chi connectivity index (χ1v) is 3.69. The molecule has 2 heterocycles. The van der Waals surface area contributed by atoms with E-state index in [1.165, 1.54) is 12.8 Å². The zero-order valence-electron chi connectivity index (χ0n) is 5.52. The summed E-state index contributed by atoms with van der Waals surface area (Å²) in [6, 6.07) is 0. The smallest absolute Gasteiger partial charge is 0.232 e. The van der Waals surface area contributed by atoms with E-state index in [9.17, 15) is 0 Å². The number of epoxide rings is 2. The minimum absolute atomic E-state index is 0.0370. The molecule has 2 nitrogen and oxygen atoms in total. The van der Waals surface area contributed by atoms with Crippen molar-refractivity contribution in [1.82, 2.24) is 0 Å². The monoisotopic (exact) mass is 126 g/mol. The zero-order chi connectivity index (χ0) is 6.11. The van der Waals surface area contributed by atoms with Gasteiger partial charge in [0, 0.05) is 12.3 Å². The summed E-state index contributed by atoms with van der Waals surface area (Å²) in [6.07, 6.45) is 3.70. The molecule has 2 aliphatic heterocycles. The first kappa shape index (κ1) is 4.69. The highest BCUT2D eigenvalue weighted by Gasteiger charge is 2.92. The van der Waals surface area contributed by atoms with Gasteiger partial charge in [-0.25, -0.2) is 0 Å². The first-order chi connectivity index (χ1) is 4.29. The lowest BCUT2D eigenvalue weighted by atomic mass is 9.91. The average molecular weight is 126 g/mol. The Morgan fingerprint density at radius 3 is 2.78 bits per heavy atom. The fourth-order valence-corrected chi connectivity index (χ4v) is 2.13. The normalized spacial score (nSPS) is 68.3. The van der Waals surface area contributed by atoms with Crippen LogP contribution in [0.25, 0.3) is 0 Å². The summed E-state index contributed by atoms with van der Waals surface area (Å²) in [5, 5.41) is 0. The van der Waals surface area contributed by atoms with Crippen LogP contribution < -0.4 is 0 Å². The molecule has 3 aliphatic rings. The summed E-state index contributed by atoms with van der Waals surface area (Å²) in [5.41, 5.74) is 0. The molecule has 0 aromatic carbocycles. The van der Waals surface area contributed by atoms with Gasteiger partial charge in [0.05, 0.1) is 0 Å². The van der Waals surface area contributed by atoms with Crippen LogP contribution in [-0.2, 0) is 9.47 Å². The van der Waals surface area contributed by atoms with Crippen LogP contribution in [0, 0.1) is 5.92 Å². The van der Waals surface area contributed by atoms with E-state index in [-0.39, 0.29) is 11.6 Å². The van der Waals surface area contributed by atoms with Gasteiger partial charge in [-0.3, -0.25) is 0 Å². The molecule has 1 atom stereocenters. The number of hydrogen-bond donors (Lipinski definition) is 0. The summed E-state index contributed by atoms with van der Waals surface area (Å²) in [5.74, 6) is 0.557. The minimum Gasteiger partial charge on any atom is -0.307 e. The highest BCUT2D eigenvalue weighted by Crippen LogP contribution is 2.76. The van der Waals surface area contributed by atoms with Crippen LogP contribution in [0.5, 0.6) is 0 Å². The van der Waals surface area contributed by atoms with Crippen molar-refractivity contribution in [3.8, 4) is 0 Å². The van der Waals surface area contributed by atoms with Crippen molar-refractivity contribution in [2.75, 3.05) is 0 Å². The molecule has 3 fully saturated rings. The quantitative estimate of drug-likeness (QED) is 0.456. The Hall–Kier alpha value is -0.0800. The maximum atomic E-state index is 5.43. The fraction of sp³-hybridized carbons (Fsp3) is 1.00. The van der Waals surface area contributed by atoms with Crippen LogP contribution in [0.15, 0.2) is 0 Å². The van der Waals surface area contributed by atoms with E-state index in [4.69, 9.17) is 9.47 Å². The topological polar surface area (TPSA) is 25.1 Å². The molecule has 0 bridgehead atoms. The highest BCUT2D eigenvalue weighted by atomic mass is 17.0. The SMILES string of the molecule is CC1CCCC23OC12O3. The van der Waals surface area contributed by atoms with E-state index < -0.39 is 0 Å². The van der Waals surface area contributed by atoms with Crippen molar-refractivity contribution in [3.63, 3.8) is 0 Å². The summed E-state index contributed by atoms with van der Waals surface area (Å²) in [6.45, 7) is 2.22. The molecule has 1 saturated carbocycles. The third-order valence-electron chi connectivity index (χ3n) is 2.87. The lowest BCUT2D eigenvalue weighted by molar-refractivity contribution is -0.106. The van der Waals surface area contributed by atoms with Gasteiger partial charge in [-0.05, 0) is 12.8 Å². The van der Waals surface area contributed by atoms with Gasteiger partial charge in [-0.15, -0.1) is 0 Å². The Kier molecular flexibility index (Phi) is 0.498. The van der Waals surface area contributed by atoms with E-state index in [1.54, 1.807) is 0 Å². The molecule has 1 unspecified atom stereocenters. The fourth-order valence-electron chi connectivity index (χ4n) is 2.13. The van der Waals surface area contributed by atoms with Crippen LogP contribution in [-0.4, -0.2) is 11.6 Å². The third-order valence-corrected chi connectivity index (χ3v) is 2.87. The van der Waals surface area contributed by atoms with Crippen molar-refractivity contribution in [1.29, 1.82) is 0 Å². The molecule has 0 radical (unpaired) electrons. The summed E-state index contributed by atoms with van der Waals surface area (Å²) in [7, 11) is 0. The van der Waals surface area contributed by atoms with Crippen LogP contribution in [0.3, 0.4) is 0 Å². The molecule has 0 aromatic heterocycles. The van der Waals surface area contributed by atoms with Gasteiger partial charge in [0.2, 0.25) is 11.6 Å². The lowest BCUT2D eigenvalue weighted by Crippen LogP contribution is -2.13. The Morgan fingerprint density at radius 2 is 2.22 bits per heavy atom. The number of ether oxygens (including phenoxy) is 2. The molecule has 1 aliphatic carbocycles. The van der Waals surface area contributed by atoms with Crippen molar-refractivity contribution in [3.05, 3.63) is 0 Å². The summed E-state index contributed by atoms with van der Waals surface area (Å²) < 4.78 is 10.9. The molecular weight excluding hydrogens is 116 g/mol. The van der Waals surface area contributed by atoms with Crippen LogP contribution in [0.4, 0.5) is 0 Å². The second kappa shape index (κ2) is 0.956. The van der Waals surface area contributed by atoms with Crippen molar-refractivity contribution in [2.24, 2.45) is 5.92 Å². The van der Waals surface area contributed by atoms with Crippen molar-refractivity contribution < 1.29 is 9.47 Å². The molecule has 9 heavy (non-hydrogen) atoms. The van der Waals surface area contributed by atoms with Gasteiger partial charge < -0.3 is 9.47 Å². The summed E-state index contributed by atoms with van der Waals surface area (Å²) >= 11 is 0. The molecule has 2 heteroatoms. The van der Waals surface area contributed by atoms with Gasteiger partial charge >= 0.3 is 0 Å². The van der Waals surface area contributed by atoms with E-state index in [0.29, 0.717) is 5.92 Å². The second-order valence-corrected chi connectivity index (χ2v) is 3.42. The van der Waals surface area contributed by atoms with Gasteiger partial charge in [0.25, 0.3) is 0 Å². The largest absolute Gasteiger partial charge is 0.307 e. The lowest BCUT2D eigenvalue weighted by Gasteiger charge is -2.08. The van der Waals surface area contributed by atoms with Gasteiger partial charge in [0.1, 0.15) is 0 Å². The van der Waals surface area contributed by atoms with E-state index in [1.807, 2.05) is 0 Å². The van der Waals surface area contributed by atoms with E-state index in [2.05, 4.69) is 6.92 Å². The van der Waals surface area contributed by atoms with Crippen molar-refractivity contribution >= 4 is 0 Å². The van der Waals surface area contributed by atoms with Crippen molar-refractivity contribution in [2.45, 2.75) is 37.8 Å². The minimum atomic E-state index is -0.0503. The van der Waals surface area contributed by atoms with Crippen LogP contribution in [0.1, 0.15) is 26.2 Å². The maximum Gasteiger partial charge on any atom is 0.232 e. The average Bonchev–Trinajstić information content (AvgIpc) is 2.49. The van der Waals surface area contributed by atoms with Gasteiger partial charge in [-0.2, -0.15) is 0 Å². The molecule has 0 N–H and O–H groups in total. The molecular formula is C7H10O2. The maximum absolute atomic E-state index is 5.43. The van der Waals surface area contributed by atoms with E-state index in [0.717, 1.165) is 6.42 Å². The predicted octanol–water partition coefficient (Wildman–Crippen LogP) is 1.26. The predicted molar refractivity (Wildman–Crippen MR) is 30.6 cm³/mol. The zero-order valence-corrected chi connectivity index (χ0v) is 5.52. The van der Waals surface area contributed by atoms with Gasteiger partial charge in [0.15, 0.2) is 0 Å². The van der Waals surface area contributed by atoms with Crippen LogP contribution in [0.2, 0.25) is 0 Å². The number of hydrogen-bond acceptors (Lipinski definition) is 2. The number of rotatable bonds is 0. The second-order valence-electron chi connectivity index (χ2n) is 3.42. The van der Waals surface area contributed by atoms with Gasteiger partial charge in [-0.1, -0.05) is 6.92 Å². The molecule has 50 valence electrons.